The molecule has 0 aromatic carbocycles. The van der Waals surface area contributed by atoms with E-state index in [9.17, 15) is 9.59 Å². The average molecular weight is 197 g/mol. The summed E-state index contributed by atoms with van der Waals surface area (Å²) >= 11 is 0. The Hall–Kier alpha value is -1.72. The van der Waals surface area contributed by atoms with E-state index >= 15 is 0 Å². The second-order valence-electron chi connectivity index (χ2n) is 3.50. The number of aliphatic carboxylic acids is 1. The smallest absolute Gasteiger partial charge is 0.325 e. The van der Waals surface area contributed by atoms with Gasteiger partial charge in [0.2, 0.25) is 0 Å². The van der Waals surface area contributed by atoms with Gasteiger partial charge in [-0.15, -0.1) is 0 Å². The highest BCUT2D eigenvalue weighted by Crippen LogP contribution is 2.40. The number of carbonyl (C=O) groups is 1. The van der Waals surface area contributed by atoms with Crippen molar-refractivity contribution in [1.29, 1.82) is 0 Å². The fourth-order valence-corrected chi connectivity index (χ4v) is 1.45. The van der Waals surface area contributed by atoms with Crippen LogP contribution in [0.4, 0.5) is 5.69 Å². The Morgan fingerprint density at radius 1 is 1.64 bits per heavy atom. The molecule has 0 radical (unpaired) electrons. The van der Waals surface area contributed by atoms with E-state index in [4.69, 9.17) is 10.8 Å². The van der Waals surface area contributed by atoms with Crippen molar-refractivity contribution < 1.29 is 9.90 Å². The molecule has 0 amide bonds. The van der Waals surface area contributed by atoms with Crippen LogP contribution >= 0.6 is 0 Å². The maximum absolute atomic E-state index is 11.4. The summed E-state index contributed by atoms with van der Waals surface area (Å²) in [7, 11) is 0. The van der Waals surface area contributed by atoms with Crippen LogP contribution in [0, 0.1) is 0 Å². The van der Waals surface area contributed by atoms with Crippen LogP contribution in [0.25, 0.3) is 0 Å². The standard InChI is InChI=1S/C8H11N3O3/c9-6-7(4-1-2-4)10-11(8(6)14)3-5(12)13/h4,10H,1-3,9H2,(H,12,13). The Morgan fingerprint density at radius 3 is 2.79 bits per heavy atom. The summed E-state index contributed by atoms with van der Waals surface area (Å²) in [5.41, 5.74) is 5.98. The maximum Gasteiger partial charge on any atom is 0.325 e. The van der Waals surface area contributed by atoms with Crippen molar-refractivity contribution in [2.45, 2.75) is 25.3 Å². The van der Waals surface area contributed by atoms with Gasteiger partial charge < -0.3 is 10.8 Å². The van der Waals surface area contributed by atoms with Crippen LogP contribution < -0.4 is 11.3 Å². The van der Waals surface area contributed by atoms with E-state index in [0.717, 1.165) is 17.5 Å². The second kappa shape index (κ2) is 2.90. The number of nitrogens with one attached hydrogen (secondary N) is 1. The molecule has 6 heteroatoms. The molecule has 4 N–H and O–H groups in total. The van der Waals surface area contributed by atoms with Crippen molar-refractivity contribution in [3.8, 4) is 0 Å². The van der Waals surface area contributed by atoms with Crippen molar-refractivity contribution in [1.82, 2.24) is 9.78 Å². The SMILES string of the molecule is Nc1c(C2CC2)[nH]n(CC(=O)O)c1=O. The molecule has 0 unspecified atom stereocenters. The minimum Gasteiger partial charge on any atom is -0.480 e. The number of aromatic nitrogens is 2. The predicted molar refractivity (Wildman–Crippen MR) is 49.1 cm³/mol. The van der Waals surface area contributed by atoms with Crippen LogP contribution in [0.5, 0.6) is 0 Å². The largest absolute Gasteiger partial charge is 0.480 e. The molecule has 0 atom stereocenters. The molecule has 1 saturated carbocycles. The molecule has 1 aromatic rings. The van der Waals surface area contributed by atoms with Gasteiger partial charge in [-0.3, -0.25) is 14.7 Å². The first kappa shape index (κ1) is 8.86. The molecule has 1 aliphatic carbocycles. The van der Waals surface area contributed by atoms with Crippen molar-refractivity contribution >= 4 is 11.7 Å². The fraction of sp³-hybridized carbons (Fsp3) is 0.500. The Morgan fingerprint density at radius 2 is 2.29 bits per heavy atom. The van der Waals surface area contributed by atoms with Gasteiger partial charge in [-0.2, -0.15) is 0 Å². The van der Waals surface area contributed by atoms with Crippen molar-refractivity contribution in [3.63, 3.8) is 0 Å². The summed E-state index contributed by atoms with van der Waals surface area (Å²) in [5, 5.41) is 11.3. The number of aromatic amines is 1. The summed E-state index contributed by atoms with van der Waals surface area (Å²) in [6.07, 6.45) is 2.02. The number of rotatable bonds is 3. The van der Waals surface area contributed by atoms with E-state index in [1.165, 1.54) is 0 Å². The maximum atomic E-state index is 11.4. The third-order valence-electron chi connectivity index (χ3n) is 2.30. The van der Waals surface area contributed by atoms with Crippen molar-refractivity contribution in [2.24, 2.45) is 0 Å². The summed E-state index contributed by atoms with van der Waals surface area (Å²) < 4.78 is 1.03. The number of hydrogen-bond acceptors (Lipinski definition) is 3. The van der Waals surface area contributed by atoms with Crippen LogP contribution in [0.15, 0.2) is 4.79 Å². The molecule has 1 fully saturated rings. The predicted octanol–water partition coefficient (Wildman–Crippen LogP) is -0.279. The molecule has 1 heterocycles. The lowest BCUT2D eigenvalue weighted by Gasteiger charge is -1.95. The third-order valence-corrected chi connectivity index (χ3v) is 2.30. The lowest BCUT2D eigenvalue weighted by Crippen LogP contribution is -2.22. The van der Waals surface area contributed by atoms with Gasteiger partial charge in [0.1, 0.15) is 12.2 Å². The van der Waals surface area contributed by atoms with Crippen LogP contribution in [0.1, 0.15) is 24.5 Å². The van der Waals surface area contributed by atoms with Gasteiger partial charge in [0.25, 0.3) is 5.56 Å². The molecular weight excluding hydrogens is 186 g/mol. The topological polar surface area (TPSA) is 101 Å². The van der Waals surface area contributed by atoms with Gasteiger partial charge in [-0.1, -0.05) is 0 Å². The first-order chi connectivity index (χ1) is 6.59. The lowest BCUT2D eigenvalue weighted by molar-refractivity contribution is -0.137. The molecule has 0 saturated heterocycles. The molecule has 6 nitrogen and oxygen atoms in total. The van der Waals surface area contributed by atoms with Gasteiger partial charge in [0, 0.05) is 5.92 Å². The normalized spacial score (nSPS) is 15.7. The first-order valence-electron chi connectivity index (χ1n) is 4.39. The van der Waals surface area contributed by atoms with Crippen LogP contribution in [-0.2, 0) is 11.3 Å². The van der Waals surface area contributed by atoms with Crippen LogP contribution in [0.2, 0.25) is 0 Å². The zero-order valence-electron chi connectivity index (χ0n) is 7.49. The summed E-state index contributed by atoms with van der Waals surface area (Å²) in [6.45, 7) is -0.365. The van der Waals surface area contributed by atoms with Gasteiger partial charge in [-0.25, -0.2) is 4.68 Å². The Bertz CT molecular complexity index is 428. The first-order valence-corrected chi connectivity index (χ1v) is 4.39. The van der Waals surface area contributed by atoms with E-state index < -0.39 is 11.5 Å². The second-order valence-corrected chi connectivity index (χ2v) is 3.50. The fourth-order valence-electron chi connectivity index (χ4n) is 1.45. The average Bonchev–Trinajstić information content (AvgIpc) is 2.88. The lowest BCUT2D eigenvalue weighted by atomic mass is 10.3. The summed E-state index contributed by atoms with van der Waals surface area (Å²) in [5.74, 6) is -0.742. The quantitative estimate of drug-likeness (QED) is 0.620. The minimum absolute atomic E-state index is 0.161. The number of H-pyrrole nitrogens is 1. The highest BCUT2D eigenvalue weighted by molar-refractivity contribution is 5.66. The van der Waals surface area contributed by atoms with Crippen molar-refractivity contribution in [3.05, 3.63) is 16.0 Å². The molecule has 1 aliphatic rings. The number of anilines is 1. The number of nitrogens with two attached hydrogens (primary N) is 1. The van der Waals surface area contributed by atoms with E-state index in [0.29, 0.717) is 11.6 Å². The number of hydrogen-bond donors (Lipinski definition) is 3. The van der Waals surface area contributed by atoms with Gasteiger partial charge in [-0.05, 0) is 12.8 Å². The molecule has 14 heavy (non-hydrogen) atoms. The molecule has 76 valence electrons. The highest BCUT2D eigenvalue weighted by Gasteiger charge is 2.29. The van der Waals surface area contributed by atoms with E-state index in [1.807, 2.05) is 0 Å². The molecule has 0 spiro atoms. The third kappa shape index (κ3) is 1.39. The number of carboxylic acids is 1. The molecular formula is C8H11N3O3. The molecule has 1 aromatic heterocycles. The van der Waals surface area contributed by atoms with Crippen LogP contribution in [-0.4, -0.2) is 20.9 Å². The van der Waals surface area contributed by atoms with Crippen molar-refractivity contribution in [2.75, 3.05) is 5.73 Å². The number of carboxylic acid groups (broad SMARTS) is 1. The minimum atomic E-state index is -1.06. The Balaban J connectivity index is 2.37. The molecule has 0 aliphatic heterocycles. The van der Waals surface area contributed by atoms with Gasteiger partial charge in [0.05, 0.1) is 5.69 Å². The molecule has 2 rings (SSSR count). The zero-order chi connectivity index (χ0) is 10.3. The van der Waals surface area contributed by atoms with Gasteiger partial charge in [0.15, 0.2) is 0 Å². The Kier molecular flexibility index (Phi) is 1.83. The van der Waals surface area contributed by atoms with E-state index in [1.54, 1.807) is 0 Å². The number of nitrogen functional groups attached to an aromatic ring is 1. The van der Waals surface area contributed by atoms with Crippen LogP contribution in [0.3, 0.4) is 0 Å². The van der Waals surface area contributed by atoms with Gasteiger partial charge >= 0.3 is 5.97 Å². The van der Waals surface area contributed by atoms with E-state index in [-0.39, 0.29) is 12.2 Å². The highest BCUT2D eigenvalue weighted by atomic mass is 16.4. The molecule has 0 bridgehead atoms. The van der Waals surface area contributed by atoms with E-state index in [2.05, 4.69) is 5.10 Å². The zero-order valence-corrected chi connectivity index (χ0v) is 7.49. The monoisotopic (exact) mass is 197 g/mol. The summed E-state index contributed by atoms with van der Waals surface area (Å²) in [4.78, 5) is 21.8. The Labute approximate surface area is 79.3 Å². The number of nitrogens with zero attached hydrogens (tertiary/aromatic N) is 1. The summed E-state index contributed by atoms with van der Waals surface area (Å²) in [6, 6.07) is 0.